The first-order chi connectivity index (χ1) is 9.26. The maximum Gasteiger partial charge on any atom is 0.145 e. The lowest BCUT2D eigenvalue weighted by molar-refractivity contribution is 0.139. The van der Waals surface area contributed by atoms with Gasteiger partial charge in [0, 0.05) is 10.4 Å². The molecular formula is C15H22ClN3S. The van der Waals surface area contributed by atoms with E-state index < -0.39 is 0 Å². The molecule has 0 aliphatic heterocycles. The van der Waals surface area contributed by atoms with E-state index in [-0.39, 0.29) is 5.54 Å². The van der Waals surface area contributed by atoms with Gasteiger partial charge in [0.1, 0.15) is 15.8 Å². The minimum absolute atomic E-state index is 0.131. The Bertz CT molecular complexity index is 634. The van der Waals surface area contributed by atoms with Gasteiger partial charge in [0.05, 0.1) is 11.9 Å². The molecule has 2 aromatic heterocycles. The topological polar surface area (TPSA) is 29.0 Å². The normalized spacial score (nSPS) is 12.6. The fraction of sp³-hybridized carbons (Fsp3) is 0.600. The van der Waals surface area contributed by atoms with Gasteiger partial charge in [-0.2, -0.15) is 0 Å². The molecule has 0 aliphatic rings. The lowest BCUT2D eigenvalue weighted by Gasteiger charge is -2.34. The highest BCUT2D eigenvalue weighted by Gasteiger charge is 2.22. The van der Waals surface area contributed by atoms with E-state index in [2.05, 4.69) is 56.5 Å². The van der Waals surface area contributed by atoms with Crippen LogP contribution in [-0.4, -0.2) is 27.5 Å². The third kappa shape index (κ3) is 2.83. The molecule has 0 saturated carbocycles. The first kappa shape index (κ1) is 15.7. The van der Waals surface area contributed by atoms with E-state index in [1.54, 1.807) is 11.3 Å². The summed E-state index contributed by atoms with van der Waals surface area (Å²) in [6.07, 6.45) is 1.08. The number of rotatable bonds is 4. The van der Waals surface area contributed by atoms with Gasteiger partial charge in [-0.3, -0.25) is 4.90 Å². The summed E-state index contributed by atoms with van der Waals surface area (Å²) < 4.78 is 0. The van der Waals surface area contributed by atoms with Crippen molar-refractivity contribution in [2.45, 2.75) is 53.1 Å². The summed E-state index contributed by atoms with van der Waals surface area (Å²) in [5.74, 6) is 0.799. The Kier molecular flexibility index (Phi) is 4.38. The number of aromatic nitrogens is 2. The third-order valence-corrected chi connectivity index (χ3v) is 5.68. The van der Waals surface area contributed by atoms with Crippen LogP contribution in [0.15, 0.2) is 0 Å². The summed E-state index contributed by atoms with van der Waals surface area (Å²) in [6.45, 7) is 11.5. The summed E-state index contributed by atoms with van der Waals surface area (Å²) in [5.41, 5.74) is 1.33. The monoisotopic (exact) mass is 311 g/mol. The molecule has 3 nitrogen and oxygen atoms in total. The summed E-state index contributed by atoms with van der Waals surface area (Å²) in [5, 5.41) is 1.59. The van der Waals surface area contributed by atoms with Gasteiger partial charge in [0.2, 0.25) is 0 Å². The number of hydrogen-bond donors (Lipinski definition) is 0. The van der Waals surface area contributed by atoms with Crippen LogP contribution in [0.1, 0.15) is 43.5 Å². The van der Waals surface area contributed by atoms with Crippen LogP contribution in [-0.2, 0) is 6.54 Å². The molecule has 0 radical (unpaired) electrons. The SMILES string of the molecule is CCC(C)(C)N(C)Cc1nc(Cl)c2c(C)c(C)sc2n1. The van der Waals surface area contributed by atoms with E-state index in [1.165, 1.54) is 10.4 Å². The van der Waals surface area contributed by atoms with Crippen molar-refractivity contribution < 1.29 is 0 Å². The summed E-state index contributed by atoms with van der Waals surface area (Å²) >= 11 is 8.04. The van der Waals surface area contributed by atoms with Gasteiger partial charge < -0.3 is 0 Å². The minimum Gasteiger partial charge on any atom is -0.294 e. The number of aryl methyl sites for hydroxylation is 2. The third-order valence-electron chi connectivity index (χ3n) is 4.31. The molecule has 0 spiro atoms. The smallest absolute Gasteiger partial charge is 0.145 e. The van der Waals surface area contributed by atoms with Crippen LogP contribution < -0.4 is 0 Å². The molecule has 0 N–H and O–H groups in total. The average molecular weight is 312 g/mol. The molecule has 5 heteroatoms. The van der Waals surface area contributed by atoms with E-state index in [1.807, 2.05) is 0 Å². The van der Waals surface area contributed by atoms with Crippen molar-refractivity contribution in [2.24, 2.45) is 0 Å². The molecular weight excluding hydrogens is 290 g/mol. The summed E-state index contributed by atoms with van der Waals surface area (Å²) in [7, 11) is 2.11. The predicted octanol–water partition coefficient (Wildman–Crippen LogP) is 4.58. The number of thiophene rings is 1. The van der Waals surface area contributed by atoms with Crippen molar-refractivity contribution in [1.29, 1.82) is 0 Å². The Morgan fingerprint density at radius 2 is 1.90 bits per heavy atom. The van der Waals surface area contributed by atoms with Gasteiger partial charge in [0.25, 0.3) is 0 Å². The molecule has 0 saturated heterocycles. The standard InChI is InChI=1S/C15H22ClN3S/c1-7-15(4,5)19(6)8-11-17-13(16)12-9(2)10(3)20-14(12)18-11/h7-8H2,1-6H3. The van der Waals surface area contributed by atoms with Crippen molar-refractivity contribution in [1.82, 2.24) is 14.9 Å². The van der Waals surface area contributed by atoms with Gasteiger partial charge in [-0.25, -0.2) is 9.97 Å². The molecule has 2 rings (SSSR count). The number of hydrogen-bond acceptors (Lipinski definition) is 4. The Hall–Kier alpha value is -0.710. The van der Waals surface area contributed by atoms with Gasteiger partial charge in [-0.15, -0.1) is 11.3 Å². The highest BCUT2D eigenvalue weighted by Crippen LogP contribution is 2.33. The van der Waals surface area contributed by atoms with Crippen molar-refractivity contribution in [3.8, 4) is 0 Å². The van der Waals surface area contributed by atoms with Crippen molar-refractivity contribution >= 4 is 33.2 Å². The molecule has 110 valence electrons. The van der Waals surface area contributed by atoms with E-state index in [0.29, 0.717) is 11.7 Å². The highest BCUT2D eigenvalue weighted by molar-refractivity contribution is 7.18. The molecule has 0 atom stereocenters. The number of halogens is 1. The quantitative estimate of drug-likeness (QED) is 0.774. The van der Waals surface area contributed by atoms with E-state index in [4.69, 9.17) is 11.6 Å². The van der Waals surface area contributed by atoms with E-state index in [9.17, 15) is 0 Å². The Balaban J connectivity index is 2.37. The van der Waals surface area contributed by atoms with Crippen molar-refractivity contribution in [2.75, 3.05) is 7.05 Å². The second kappa shape index (κ2) is 5.58. The van der Waals surface area contributed by atoms with Crippen LogP contribution in [0.4, 0.5) is 0 Å². The zero-order valence-corrected chi connectivity index (χ0v) is 14.6. The Morgan fingerprint density at radius 3 is 2.50 bits per heavy atom. The highest BCUT2D eigenvalue weighted by atomic mass is 35.5. The molecule has 0 unspecified atom stereocenters. The van der Waals surface area contributed by atoms with Crippen LogP contribution in [0.3, 0.4) is 0 Å². The fourth-order valence-corrected chi connectivity index (χ4v) is 3.44. The zero-order chi connectivity index (χ0) is 15.1. The zero-order valence-electron chi connectivity index (χ0n) is 13.0. The molecule has 20 heavy (non-hydrogen) atoms. The molecule has 0 bridgehead atoms. The Morgan fingerprint density at radius 1 is 1.25 bits per heavy atom. The van der Waals surface area contributed by atoms with E-state index >= 15 is 0 Å². The van der Waals surface area contributed by atoms with Crippen LogP contribution in [0.2, 0.25) is 5.15 Å². The fourth-order valence-electron chi connectivity index (χ4n) is 2.01. The van der Waals surface area contributed by atoms with Gasteiger partial charge in [-0.1, -0.05) is 18.5 Å². The van der Waals surface area contributed by atoms with Crippen molar-refractivity contribution in [3.05, 3.63) is 21.4 Å². The second-order valence-corrected chi connectivity index (χ2v) is 7.48. The largest absolute Gasteiger partial charge is 0.294 e. The maximum atomic E-state index is 6.35. The molecule has 2 heterocycles. The van der Waals surface area contributed by atoms with Crippen LogP contribution in [0.25, 0.3) is 10.2 Å². The van der Waals surface area contributed by atoms with Crippen LogP contribution in [0.5, 0.6) is 0 Å². The predicted molar refractivity (Wildman–Crippen MR) is 87.7 cm³/mol. The van der Waals surface area contributed by atoms with Crippen LogP contribution in [0, 0.1) is 13.8 Å². The average Bonchev–Trinajstić information content (AvgIpc) is 2.65. The summed E-state index contributed by atoms with van der Waals surface area (Å²) in [4.78, 5) is 13.7. The van der Waals surface area contributed by atoms with Crippen LogP contribution >= 0.6 is 22.9 Å². The van der Waals surface area contributed by atoms with Crippen molar-refractivity contribution in [3.63, 3.8) is 0 Å². The molecule has 2 aromatic rings. The molecule has 0 fully saturated rings. The Labute approximate surface area is 130 Å². The number of nitrogens with zero attached hydrogens (tertiary/aromatic N) is 3. The first-order valence-corrected chi connectivity index (χ1v) is 8.09. The maximum absolute atomic E-state index is 6.35. The first-order valence-electron chi connectivity index (χ1n) is 6.89. The molecule has 0 aliphatic carbocycles. The lowest BCUT2D eigenvalue weighted by Crippen LogP contribution is -2.40. The second-order valence-electron chi connectivity index (χ2n) is 5.92. The summed E-state index contributed by atoms with van der Waals surface area (Å²) in [6, 6.07) is 0. The molecule has 0 amide bonds. The lowest BCUT2D eigenvalue weighted by atomic mass is 10.0. The minimum atomic E-state index is 0.131. The molecule has 0 aromatic carbocycles. The van der Waals surface area contributed by atoms with E-state index in [0.717, 1.165) is 22.5 Å². The van der Waals surface area contributed by atoms with Gasteiger partial charge in [-0.05, 0) is 46.7 Å². The number of fused-ring (bicyclic) bond motifs is 1. The van der Waals surface area contributed by atoms with Gasteiger partial charge in [0.15, 0.2) is 0 Å². The van der Waals surface area contributed by atoms with Gasteiger partial charge >= 0.3 is 0 Å².